The third kappa shape index (κ3) is 2.33. The second kappa shape index (κ2) is 5.47. The number of rotatable bonds is 2. The number of benzene rings is 1. The van der Waals surface area contributed by atoms with E-state index in [4.69, 9.17) is 4.99 Å². The highest BCUT2D eigenvalue weighted by molar-refractivity contribution is 14.1. The first-order valence-electron chi connectivity index (χ1n) is 7.82. The number of hydrogen-bond acceptors (Lipinski definition) is 3. The number of carbonyl (C=O) groups is 1. The van der Waals surface area contributed by atoms with Gasteiger partial charge in [-0.05, 0) is 46.3 Å². The van der Waals surface area contributed by atoms with Crippen LogP contribution in [0.15, 0.2) is 56.9 Å². The molecule has 23 heavy (non-hydrogen) atoms. The van der Waals surface area contributed by atoms with E-state index in [2.05, 4.69) is 58.9 Å². The summed E-state index contributed by atoms with van der Waals surface area (Å²) in [5, 5.41) is 0. The summed E-state index contributed by atoms with van der Waals surface area (Å²) < 4.78 is 1.04. The molecule has 1 unspecified atom stereocenters. The minimum atomic E-state index is -0.175. The van der Waals surface area contributed by atoms with Crippen molar-refractivity contribution in [3.05, 3.63) is 57.4 Å². The molecule has 1 fully saturated rings. The molecule has 1 atom stereocenters. The lowest BCUT2D eigenvalue weighted by Crippen LogP contribution is -2.51. The average Bonchev–Trinajstić information content (AvgIpc) is 2.85. The SMILES string of the molecule is CN1C=CC23CCC(=O)N(Cc4ccccc4)C2=NC(I)=C3C1. The molecule has 0 bridgehead atoms. The molecule has 0 N–H and O–H groups in total. The van der Waals surface area contributed by atoms with E-state index in [0.717, 1.165) is 28.1 Å². The van der Waals surface area contributed by atoms with Crippen molar-refractivity contribution in [1.82, 2.24) is 9.80 Å². The summed E-state index contributed by atoms with van der Waals surface area (Å²) >= 11 is 2.32. The average molecular weight is 419 g/mol. The van der Waals surface area contributed by atoms with E-state index in [1.165, 1.54) is 5.57 Å². The Kier molecular flexibility index (Phi) is 3.55. The molecule has 1 amide bonds. The van der Waals surface area contributed by atoms with E-state index in [-0.39, 0.29) is 11.3 Å². The summed E-state index contributed by atoms with van der Waals surface area (Å²) in [5.41, 5.74) is 2.30. The fourth-order valence-corrected chi connectivity index (χ4v) is 4.53. The number of piperidine rings is 1. The van der Waals surface area contributed by atoms with Gasteiger partial charge in [-0.15, -0.1) is 0 Å². The minimum Gasteiger partial charge on any atom is -0.377 e. The predicted molar refractivity (Wildman–Crippen MR) is 98.9 cm³/mol. The molecular formula is C18H18IN3O. The molecule has 4 nitrogen and oxygen atoms in total. The largest absolute Gasteiger partial charge is 0.377 e. The van der Waals surface area contributed by atoms with Crippen LogP contribution in [0.3, 0.4) is 0 Å². The number of carbonyl (C=O) groups excluding carboxylic acids is 1. The molecule has 5 heteroatoms. The van der Waals surface area contributed by atoms with Gasteiger partial charge in [-0.25, -0.2) is 4.99 Å². The highest BCUT2D eigenvalue weighted by Crippen LogP contribution is 2.50. The highest BCUT2D eigenvalue weighted by atomic mass is 127. The summed E-state index contributed by atoms with van der Waals surface area (Å²) in [6, 6.07) is 10.2. The van der Waals surface area contributed by atoms with Gasteiger partial charge in [0.2, 0.25) is 5.91 Å². The molecule has 1 spiro atoms. The molecule has 118 valence electrons. The lowest BCUT2D eigenvalue weighted by Gasteiger charge is -2.43. The number of likely N-dealkylation sites (tertiary alicyclic amines) is 1. The normalized spacial score (nSPS) is 26.3. The van der Waals surface area contributed by atoms with Gasteiger partial charge in [0.1, 0.15) is 9.54 Å². The molecule has 1 aromatic rings. The Bertz CT molecular complexity index is 753. The molecule has 1 aromatic carbocycles. The van der Waals surface area contributed by atoms with Crippen LogP contribution in [-0.2, 0) is 11.3 Å². The monoisotopic (exact) mass is 419 g/mol. The summed E-state index contributed by atoms with van der Waals surface area (Å²) in [6.07, 6.45) is 5.78. The molecule has 1 saturated heterocycles. The van der Waals surface area contributed by atoms with Crippen molar-refractivity contribution in [2.24, 2.45) is 10.4 Å². The molecule has 0 aliphatic carbocycles. The summed E-state index contributed by atoms with van der Waals surface area (Å²) in [5.74, 6) is 1.09. The first-order valence-corrected chi connectivity index (χ1v) is 8.90. The summed E-state index contributed by atoms with van der Waals surface area (Å²) in [6.45, 7) is 1.48. The zero-order valence-corrected chi connectivity index (χ0v) is 15.2. The summed E-state index contributed by atoms with van der Waals surface area (Å²) in [7, 11) is 2.08. The van der Waals surface area contributed by atoms with Crippen molar-refractivity contribution in [1.29, 1.82) is 0 Å². The topological polar surface area (TPSA) is 35.9 Å². The minimum absolute atomic E-state index is 0.175. The van der Waals surface area contributed by atoms with E-state index < -0.39 is 0 Å². The number of hydrogen-bond donors (Lipinski definition) is 0. The standard InChI is InChI=1S/C18H18IN3O/c1-21-10-9-18-8-7-15(23)22(11-13-5-3-2-4-6-13)17(18)20-16(19)14(18)12-21/h2-6,9-10H,7-8,11-12H2,1H3. The van der Waals surface area contributed by atoms with Crippen LogP contribution >= 0.6 is 22.6 Å². The maximum Gasteiger partial charge on any atom is 0.228 e. The van der Waals surface area contributed by atoms with Crippen LogP contribution in [0.5, 0.6) is 0 Å². The van der Waals surface area contributed by atoms with Gasteiger partial charge in [0.25, 0.3) is 0 Å². The maximum atomic E-state index is 12.6. The third-order valence-electron chi connectivity index (χ3n) is 4.89. The maximum absolute atomic E-state index is 12.6. The van der Waals surface area contributed by atoms with Crippen LogP contribution in [0.4, 0.5) is 0 Å². The Morgan fingerprint density at radius 3 is 2.87 bits per heavy atom. The van der Waals surface area contributed by atoms with Crippen molar-refractivity contribution in [2.75, 3.05) is 13.6 Å². The van der Waals surface area contributed by atoms with Crippen LogP contribution in [0.25, 0.3) is 0 Å². The molecule has 0 radical (unpaired) electrons. The van der Waals surface area contributed by atoms with E-state index >= 15 is 0 Å². The quantitative estimate of drug-likeness (QED) is 0.545. The van der Waals surface area contributed by atoms with E-state index in [1.54, 1.807) is 0 Å². The van der Waals surface area contributed by atoms with E-state index in [0.29, 0.717) is 13.0 Å². The van der Waals surface area contributed by atoms with Crippen LogP contribution < -0.4 is 0 Å². The highest BCUT2D eigenvalue weighted by Gasteiger charge is 2.51. The second-order valence-corrected chi connectivity index (χ2v) is 7.39. The van der Waals surface area contributed by atoms with E-state index in [1.807, 2.05) is 23.1 Å². The van der Waals surface area contributed by atoms with Gasteiger partial charge in [-0.2, -0.15) is 0 Å². The molecule has 4 rings (SSSR count). The van der Waals surface area contributed by atoms with Gasteiger partial charge < -0.3 is 4.90 Å². The van der Waals surface area contributed by atoms with Gasteiger partial charge in [0.05, 0.1) is 12.0 Å². The van der Waals surface area contributed by atoms with Crippen LogP contribution in [0.1, 0.15) is 18.4 Å². The van der Waals surface area contributed by atoms with Gasteiger partial charge >= 0.3 is 0 Å². The van der Waals surface area contributed by atoms with Crippen LogP contribution in [0.2, 0.25) is 0 Å². The Hall–Kier alpha value is -1.63. The first kappa shape index (κ1) is 14.9. The zero-order valence-electron chi connectivity index (χ0n) is 13.0. The molecular weight excluding hydrogens is 401 g/mol. The van der Waals surface area contributed by atoms with Gasteiger partial charge in [0.15, 0.2) is 0 Å². The third-order valence-corrected chi connectivity index (χ3v) is 5.78. The Labute approximate surface area is 149 Å². The Balaban J connectivity index is 1.74. The predicted octanol–water partition coefficient (Wildman–Crippen LogP) is 3.31. The fraction of sp³-hybridized carbons (Fsp3) is 0.333. The van der Waals surface area contributed by atoms with Gasteiger partial charge in [-0.3, -0.25) is 9.69 Å². The van der Waals surface area contributed by atoms with Gasteiger partial charge in [-0.1, -0.05) is 36.4 Å². The molecule has 3 aliphatic heterocycles. The Morgan fingerprint density at radius 1 is 1.30 bits per heavy atom. The smallest absolute Gasteiger partial charge is 0.228 e. The number of amidine groups is 1. The summed E-state index contributed by atoms with van der Waals surface area (Å²) in [4.78, 5) is 21.5. The van der Waals surface area contributed by atoms with Crippen LogP contribution in [-0.4, -0.2) is 35.1 Å². The fourth-order valence-electron chi connectivity index (χ4n) is 3.65. The van der Waals surface area contributed by atoms with Crippen LogP contribution in [0, 0.1) is 5.41 Å². The van der Waals surface area contributed by atoms with Crippen molar-refractivity contribution >= 4 is 34.3 Å². The zero-order chi connectivity index (χ0) is 16.0. The molecule has 0 saturated carbocycles. The number of nitrogens with zero attached hydrogens (tertiary/aromatic N) is 3. The number of likely N-dealkylation sites (N-methyl/N-ethyl adjacent to an activating group) is 1. The van der Waals surface area contributed by atoms with E-state index in [9.17, 15) is 4.79 Å². The van der Waals surface area contributed by atoms with Crippen molar-refractivity contribution in [3.63, 3.8) is 0 Å². The van der Waals surface area contributed by atoms with Gasteiger partial charge in [0, 0.05) is 20.0 Å². The number of halogens is 1. The molecule has 3 heterocycles. The number of amides is 1. The molecule has 0 aromatic heterocycles. The van der Waals surface area contributed by atoms with Crippen molar-refractivity contribution < 1.29 is 4.79 Å². The first-order chi connectivity index (χ1) is 11.1. The molecule has 3 aliphatic rings. The van der Waals surface area contributed by atoms with Crippen molar-refractivity contribution in [3.8, 4) is 0 Å². The Morgan fingerprint density at radius 2 is 2.09 bits per heavy atom. The van der Waals surface area contributed by atoms with Crippen molar-refractivity contribution in [2.45, 2.75) is 19.4 Å². The lowest BCUT2D eigenvalue weighted by molar-refractivity contribution is -0.129. The number of aliphatic imine (C=N–C) groups is 1. The second-order valence-electron chi connectivity index (χ2n) is 6.37. The lowest BCUT2D eigenvalue weighted by atomic mass is 9.72.